The van der Waals surface area contributed by atoms with Gasteiger partial charge in [0.05, 0.1) is 16.3 Å². The van der Waals surface area contributed by atoms with Gasteiger partial charge in [0.25, 0.3) is 0 Å². The molecule has 1 aromatic rings. The van der Waals surface area contributed by atoms with Crippen LogP contribution in [0.25, 0.3) is 0 Å². The van der Waals surface area contributed by atoms with Gasteiger partial charge < -0.3 is 20.1 Å². The molecule has 2 aliphatic carbocycles. The lowest BCUT2D eigenvalue weighted by molar-refractivity contribution is -0.124. The molecular formula is C31H44N2O6S2. The summed E-state index contributed by atoms with van der Waals surface area (Å²) in [5.74, 6) is 10.2. The van der Waals surface area contributed by atoms with Gasteiger partial charge in [-0.15, -0.1) is 11.3 Å². The van der Waals surface area contributed by atoms with Crippen molar-refractivity contribution in [1.29, 1.82) is 0 Å². The van der Waals surface area contributed by atoms with Gasteiger partial charge in [-0.25, -0.2) is 9.59 Å². The monoisotopic (exact) mass is 604 g/mol. The first-order chi connectivity index (χ1) is 19.2. The largest absolute Gasteiger partial charge is 0.477 e. The smallest absolute Gasteiger partial charge is 0.407 e. The fraction of sp³-hybridized carbons (Fsp3) is 0.677. The van der Waals surface area contributed by atoms with Crippen LogP contribution >= 0.6 is 11.3 Å². The van der Waals surface area contributed by atoms with Crippen molar-refractivity contribution in [3.8, 4) is 11.8 Å². The van der Waals surface area contributed by atoms with E-state index in [1.54, 1.807) is 11.0 Å². The van der Waals surface area contributed by atoms with Crippen molar-refractivity contribution in [2.45, 2.75) is 104 Å². The molecule has 226 valence electrons. The molecule has 2 unspecified atom stereocenters. The summed E-state index contributed by atoms with van der Waals surface area (Å²) in [6.45, 7) is 8.22. The number of aromatic carboxylic acids is 1. The molecule has 2 heterocycles. The van der Waals surface area contributed by atoms with Gasteiger partial charge in [-0.05, 0) is 106 Å². The van der Waals surface area contributed by atoms with Crippen molar-refractivity contribution in [3.63, 3.8) is 0 Å². The Morgan fingerprint density at radius 1 is 1.10 bits per heavy atom. The van der Waals surface area contributed by atoms with Gasteiger partial charge in [0.1, 0.15) is 11.0 Å². The van der Waals surface area contributed by atoms with Crippen molar-refractivity contribution >= 4 is 50.4 Å². The number of carbonyl (C=O) groups excluding carboxylic acids is 2. The van der Waals surface area contributed by atoms with E-state index in [0.717, 1.165) is 37.0 Å². The summed E-state index contributed by atoms with van der Waals surface area (Å²) < 4.78 is 17.6. The average Bonchev–Trinajstić information content (AvgIpc) is 3.46. The number of ether oxygens (including phenoxy) is 1. The van der Waals surface area contributed by atoms with Gasteiger partial charge in [-0.3, -0.25) is 9.00 Å². The summed E-state index contributed by atoms with van der Waals surface area (Å²) in [6, 6.07) is 1.50. The molecule has 3 fully saturated rings. The second kappa shape index (κ2) is 12.8. The number of nitrogens with one attached hydrogen (secondary N) is 1. The van der Waals surface area contributed by atoms with Crippen molar-refractivity contribution in [2.75, 3.05) is 16.4 Å². The van der Waals surface area contributed by atoms with E-state index >= 15 is 0 Å². The molecule has 0 bridgehead atoms. The third-order valence-corrected chi connectivity index (χ3v) is 11.3. The zero-order valence-corrected chi connectivity index (χ0v) is 26.3. The van der Waals surface area contributed by atoms with Gasteiger partial charge in [0.15, 0.2) is 0 Å². The number of carboxylic acid groups (broad SMARTS) is 1. The van der Waals surface area contributed by atoms with E-state index in [9.17, 15) is 23.7 Å². The third kappa shape index (κ3) is 8.51. The number of hydrogen-bond acceptors (Lipinski definition) is 6. The van der Waals surface area contributed by atoms with Crippen molar-refractivity contribution in [3.05, 3.63) is 15.8 Å². The Balaban J connectivity index is 1.51. The Morgan fingerprint density at radius 2 is 1.76 bits per heavy atom. The molecule has 0 aromatic carbocycles. The second-order valence-electron chi connectivity index (χ2n) is 13.1. The molecule has 10 heteroatoms. The van der Waals surface area contributed by atoms with Gasteiger partial charge in [-0.1, -0.05) is 18.8 Å². The zero-order chi connectivity index (χ0) is 29.9. The number of rotatable bonds is 6. The molecular weight excluding hydrogens is 560 g/mol. The van der Waals surface area contributed by atoms with Crippen LogP contribution in [0.15, 0.2) is 6.07 Å². The number of nitrogens with zero attached hydrogens (tertiary/aromatic N) is 1. The lowest BCUT2D eigenvalue weighted by atomic mass is 9.81. The summed E-state index contributed by atoms with van der Waals surface area (Å²) in [5.41, 5.74) is 0.205. The summed E-state index contributed by atoms with van der Waals surface area (Å²) >= 11 is 1.12. The molecule has 3 aliphatic rings. The van der Waals surface area contributed by atoms with E-state index in [1.807, 2.05) is 20.8 Å². The Morgan fingerprint density at radius 3 is 2.32 bits per heavy atom. The highest BCUT2D eigenvalue weighted by molar-refractivity contribution is 8.00. The van der Waals surface area contributed by atoms with E-state index in [1.165, 1.54) is 0 Å². The molecule has 4 rings (SSSR count). The minimum absolute atomic E-state index is 0.00125. The molecule has 1 saturated heterocycles. The lowest BCUT2D eigenvalue weighted by Gasteiger charge is -2.39. The minimum atomic E-state index is -2.15. The summed E-state index contributed by atoms with van der Waals surface area (Å²) in [6.07, 6.45) is 5.84. The van der Waals surface area contributed by atoms with Gasteiger partial charge in [0.2, 0.25) is 5.91 Å². The predicted octanol–water partition coefficient (Wildman–Crippen LogP) is 5.53. The van der Waals surface area contributed by atoms with Crippen LogP contribution in [0.5, 0.6) is 0 Å². The number of anilines is 1. The molecule has 1 aromatic heterocycles. The van der Waals surface area contributed by atoms with Crippen LogP contribution in [0.1, 0.15) is 100 Å². The number of alkyl carbamates (subject to hydrolysis) is 1. The summed E-state index contributed by atoms with van der Waals surface area (Å²) in [7, 11) is -2.15. The molecule has 2 atom stereocenters. The minimum Gasteiger partial charge on any atom is -0.477 e. The molecule has 2 amide bonds. The van der Waals surface area contributed by atoms with E-state index in [-0.39, 0.29) is 40.3 Å². The maximum Gasteiger partial charge on any atom is 0.407 e. The molecule has 0 radical (unpaired) electrons. The van der Waals surface area contributed by atoms with Gasteiger partial charge in [0, 0.05) is 29.2 Å². The van der Waals surface area contributed by atoms with Crippen LogP contribution in [0, 0.1) is 29.1 Å². The maximum atomic E-state index is 14.1. The van der Waals surface area contributed by atoms with Crippen molar-refractivity contribution in [2.24, 2.45) is 17.3 Å². The summed E-state index contributed by atoms with van der Waals surface area (Å²) in [4.78, 5) is 41.5. The number of carbonyl (C=O) groups is 3. The highest BCUT2D eigenvalue weighted by atomic mass is 32.2. The van der Waals surface area contributed by atoms with E-state index in [2.05, 4.69) is 30.0 Å². The van der Waals surface area contributed by atoms with Gasteiger partial charge in [-0.2, -0.15) is 0 Å². The highest BCUT2D eigenvalue weighted by Crippen LogP contribution is 2.39. The van der Waals surface area contributed by atoms with Crippen molar-refractivity contribution in [1.82, 2.24) is 5.32 Å². The Kier molecular flexibility index (Phi) is 9.80. The fourth-order valence-electron chi connectivity index (χ4n) is 6.00. The Labute approximate surface area is 248 Å². The Hall–Kier alpha value is -2.51. The summed E-state index contributed by atoms with van der Waals surface area (Å²) in [5, 5.41) is 13.1. The molecule has 0 spiro atoms. The van der Waals surface area contributed by atoms with Gasteiger partial charge >= 0.3 is 12.1 Å². The number of thiophene rings is 1. The molecule has 41 heavy (non-hydrogen) atoms. The number of carboxylic acids is 1. The normalized spacial score (nSPS) is 30.1. The fourth-order valence-corrected chi connectivity index (χ4v) is 8.61. The highest BCUT2D eigenvalue weighted by Gasteiger charge is 2.38. The predicted molar refractivity (Wildman–Crippen MR) is 165 cm³/mol. The lowest BCUT2D eigenvalue weighted by Crippen LogP contribution is -2.49. The topological polar surface area (TPSA) is 113 Å². The standard InChI is InChI=1S/C31H44N2O6S2/c1-20-6-8-21(9-7-20)28(34)33(26-18-25(14-16-31(2,3)4)40-27(26)29(35)36)23-12-10-22(11-13-23)32-30(37)39-24-15-17-41(5,38)19-24/h18,20-24H,5-13,15,17,19H2,1-4H3,(H,32,37)(H,35,36). The van der Waals surface area contributed by atoms with Crippen molar-refractivity contribution < 1.29 is 28.4 Å². The first kappa shape index (κ1) is 31.4. The van der Waals surface area contributed by atoms with Crippen LogP contribution in [0.4, 0.5) is 10.5 Å². The first-order valence-corrected chi connectivity index (χ1v) is 17.6. The molecule has 8 nitrogen and oxygen atoms in total. The van der Waals surface area contributed by atoms with Crippen LogP contribution in [-0.2, 0) is 19.1 Å². The Bertz CT molecular complexity index is 1300. The van der Waals surface area contributed by atoms with Crippen LogP contribution < -0.4 is 10.2 Å². The zero-order valence-electron chi connectivity index (χ0n) is 24.7. The maximum absolute atomic E-state index is 14.1. The van der Waals surface area contributed by atoms with Crippen LogP contribution in [0.3, 0.4) is 0 Å². The second-order valence-corrected chi connectivity index (χ2v) is 16.8. The molecule has 2 saturated carbocycles. The van der Waals surface area contributed by atoms with Crippen LogP contribution in [0.2, 0.25) is 0 Å². The van der Waals surface area contributed by atoms with E-state index < -0.39 is 21.6 Å². The first-order valence-electron chi connectivity index (χ1n) is 14.7. The van der Waals surface area contributed by atoms with E-state index in [0.29, 0.717) is 60.1 Å². The number of amides is 2. The van der Waals surface area contributed by atoms with Crippen LogP contribution in [-0.4, -0.2) is 62.8 Å². The quantitative estimate of drug-likeness (QED) is 0.326. The van der Waals surface area contributed by atoms with E-state index in [4.69, 9.17) is 4.74 Å². The number of hydrogen-bond donors (Lipinski definition) is 2. The molecule has 1 aliphatic heterocycles. The third-order valence-electron chi connectivity index (χ3n) is 8.29. The average molecular weight is 605 g/mol. The molecule has 2 N–H and O–H groups in total. The SMILES string of the molecule is C=S1(=O)CCC(OC(=O)NC2CCC(N(C(=O)C3CCC(C)CC3)c3cc(C#CC(C)(C)C)sc3C(=O)O)CC2)C1.